The predicted octanol–water partition coefficient (Wildman–Crippen LogP) is 2.60. The fourth-order valence-electron chi connectivity index (χ4n) is 3.78. The lowest BCUT2D eigenvalue weighted by atomic mass is 10.2. The maximum atomic E-state index is 13.6. The molecule has 3 aromatic rings. The molecule has 2 aromatic carbocycles. The molecular formula is C24H22N2O8S. The molecule has 1 unspecified atom stereocenters. The van der Waals surface area contributed by atoms with E-state index in [1.54, 1.807) is 12.1 Å². The molecule has 2 heterocycles. The van der Waals surface area contributed by atoms with Crippen molar-refractivity contribution in [2.75, 3.05) is 19.1 Å². The molecule has 182 valence electrons. The largest absolute Gasteiger partial charge is 0.497 e. The van der Waals surface area contributed by atoms with Gasteiger partial charge in [0.1, 0.15) is 17.6 Å². The van der Waals surface area contributed by atoms with Crippen LogP contribution in [-0.4, -0.2) is 50.8 Å². The third-order valence-corrected chi connectivity index (χ3v) is 7.44. The van der Waals surface area contributed by atoms with Crippen LogP contribution in [0.2, 0.25) is 0 Å². The van der Waals surface area contributed by atoms with Crippen LogP contribution in [-0.2, 0) is 30.9 Å². The Balaban J connectivity index is 1.69. The number of carbonyl (C=O) groups excluding carboxylic acids is 3. The summed E-state index contributed by atoms with van der Waals surface area (Å²) in [5.41, 5.74) is 0.461. The number of amides is 2. The Morgan fingerprint density at radius 2 is 1.74 bits per heavy atom. The van der Waals surface area contributed by atoms with E-state index in [4.69, 9.17) is 9.15 Å². The molecule has 0 saturated carbocycles. The number of ether oxygens (including phenoxy) is 2. The first-order valence-corrected chi connectivity index (χ1v) is 11.9. The first-order chi connectivity index (χ1) is 16.8. The first kappa shape index (κ1) is 24.2. The Morgan fingerprint density at radius 1 is 1.06 bits per heavy atom. The Kier molecular flexibility index (Phi) is 6.72. The van der Waals surface area contributed by atoms with E-state index in [9.17, 15) is 22.8 Å². The van der Waals surface area contributed by atoms with Crippen molar-refractivity contribution in [1.82, 2.24) is 4.31 Å². The predicted molar refractivity (Wildman–Crippen MR) is 123 cm³/mol. The van der Waals surface area contributed by atoms with Gasteiger partial charge in [0, 0.05) is 0 Å². The number of esters is 1. The van der Waals surface area contributed by atoms with Crippen molar-refractivity contribution in [1.29, 1.82) is 0 Å². The van der Waals surface area contributed by atoms with Crippen LogP contribution in [0.4, 0.5) is 5.69 Å². The summed E-state index contributed by atoms with van der Waals surface area (Å²) in [5.74, 6) is -1.06. The Bertz CT molecular complexity index is 1330. The normalized spacial score (nSPS) is 16.1. The van der Waals surface area contributed by atoms with Crippen LogP contribution in [0.5, 0.6) is 5.75 Å². The number of benzene rings is 2. The van der Waals surface area contributed by atoms with Gasteiger partial charge in [0.25, 0.3) is 5.91 Å². The van der Waals surface area contributed by atoms with Crippen molar-refractivity contribution >= 4 is 33.5 Å². The van der Waals surface area contributed by atoms with Crippen molar-refractivity contribution < 1.29 is 36.7 Å². The molecular weight excluding hydrogens is 476 g/mol. The first-order valence-electron chi connectivity index (χ1n) is 10.5. The van der Waals surface area contributed by atoms with Gasteiger partial charge in [-0.2, -0.15) is 4.31 Å². The summed E-state index contributed by atoms with van der Waals surface area (Å²) in [5, 5.41) is 0. The highest BCUT2D eigenvalue weighted by atomic mass is 32.2. The fourth-order valence-corrected chi connectivity index (χ4v) is 5.33. The summed E-state index contributed by atoms with van der Waals surface area (Å²) in [6.07, 6.45) is 1.04. The molecule has 1 aromatic heterocycles. The molecule has 11 heteroatoms. The highest BCUT2D eigenvalue weighted by Gasteiger charge is 2.47. The maximum absolute atomic E-state index is 13.6. The van der Waals surface area contributed by atoms with E-state index < -0.39 is 33.8 Å². The smallest absolute Gasteiger partial charge is 0.337 e. The molecule has 0 radical (unpaired) electrons. The molecule has 0 spiro atoms. The summed E-state index contributed by atoms with van der Waals surface area (Å²) < 4.78 is 43.3. The summed E-state index contributed by atoms with van der Waals surface area (Å²) in [6.45, 7) is -0.250. The minimum absolute atomic E-state index is 0.0639. The van der Waals surface area contributed by atoms with Crippen LogP contribution >= 0.6 is 0 Å². The minimum atomic E-state index is -4.21. The zero-order chi connectivity index (χ0) is 25.2. The van der Waals surface area contributed by atoms with E-state index in [-0.39, 0.29) is 29.1 Å². The average molecular weight is 499 g/mol. The van der Waals surface area contributed by atoms with Crippen molar-refractivity contribution in [2.45, 2.75) is 23.9 Å². The third-order valence-electron chi connectivity index (χ3n) is 5.57. The number of sulfonamides is 1. The molecule has 1 aliphatic heterocycles. The van der Waals surface area contributed by atoms with Crippen molar-refractivity contribution in [3.8, 4) is 5.75 Å². The number of carbonyl (C=O) groups is 3. The highest BCUT2D eigenvalue weighted by Crippen LogP contribution is 2.31. The number of anilines is 1. The van der Waals surface area contributed by atoms with E-state index in [1.165, 1.54) is 69.0 Å². The highest BCUT2D eigenvalue weighted by molar-refractivity contribution is 7.89. The molecule has 4 rings (SSSR count). The summed E-state index contributed by atoms with van der Waals surface area (Å²) in [7, 11) is -1.51. The Hall–Kier alpha value is -3.96. The van der Waals surface area contributed by atoms with Crippen molar-refractivity contribution in [3.05, 3.63) is 78.3 Å². The average Bonchev–Trinajstić information content (AvgIpc) is 3.49. The molecule has 1 fully saturated rings. The van der Waals surface area contributed by atoms with Gasteiger partial charge in [0.15, 0.2) is 0 Å². The van der Waals surface area contributed by atoms with E-state index in [0.29, 0.717) is 11.5 Å². The SMILES string of the molecule is COC(=O)c1ccc(N2C(=O)CC(N(Cc3ccco3)S(=O)(=O)c3ccc(OC)cc3)C2=O)cc1. The van der Waals surface area contributed by atoms with Crippen LogP contribution in [0.1, 0.15) is 22.5 Å². The minimum Gasteiger partial charge on any atom is -0.497 e. The summed E-state index contributed by atoms with van der Waals surface area (Å²) >= 11 is 0. The van der Waals surface area contributed by atoms with Gasteiger partial charge in [0.2, 0.25) is 15.9 Å². The molecule has 2 amide bonds. The quantitative estimate of drug-likeness (QED) is 0.343. The van der Waals surface area contributed by atoms with Gasteiger partial charge in [-0.3, -0.25) is 9.59 Å². The summed E-state index contributed by atoms with van der Waals surface area (Å²) in [4.78, 5) is 38.8. The van der Waals surface area contributed by atoms with Gasteiger partial charge >= 0.3 is 5.97 Å². The molecule has 35 heavy (non-hydrogen) atoms. The standard InChI is InChI=1S/C24H22N2O8S/c1-32-18-9-11-20(12-10-18)35(30,31)25(15-19-4-3-13-34-19)21-14-22(27)26(23(21)28)17-7-5-16(6-8-17)24(29)33-2/h3-13,21H,14-15H2,1-2H3. The van der Waals surface area contributed by atoms with Crippen LogP contribution < -0.4 is 9.64 Å². The van der Waals surface area contributed by atoms with E-state index in [0.717, 1.165) is 9.21 Å². The number of imide groups is 1. The monoisotopic (exact) mass is 498 g/mol. The van der Waals surface area contributed by atoms with Gasteiger partial charge in [-0.15, -0.1) is 0 Å². The number of rotatable bonds is 8. The number of nitrogens with zero attached hydrogens (tertiary/aromatic N) is 2. The third kappa shape index (κ3) is 4.68. The zero-order valence-electron chi connectivity index (χ0n) is 18.9. The van der Waals surface area contributed by atoms with E-state index in [1.807, 2.05) is 0 Å². The molecule has 1 aliphatic rings. The topological polar surface area (TPSA) is 123 Å². The van der Waals surface area contributed by atoms with Gasteiger partial charge in [0.05, 0.1) is 49.6 Å². The zero-order valence-corrected chi connectivity index (χ0v) is 19.7. The fraction of sp³-hybridized carbons (Fsp3) is 0.208. The molecule has 1 saturated heterocycles. The van der Waals surface area contributed by atoms with Gasteiger partial charge in [-0.1, -0.05) is 0 Å². The number of hydrogen-bond donors (Lipinski definition) is 0. The number of furan rings is 1. The maximum Gasteiger partial charge on any atom is 0.337 e. The summed E-state index contributed by atoms with van der Waals surface area (Å²) in [6, 6.07) is 13.3. The lowest BCUT2D eigenvalue weighted by molar-refractivity contribution is -0.122. The van der Waals surface area contributed by atoms with Gasteiger partial charge in [-0.25, -0.2) is 18.1 Å². The van der Waals surface area contributed by atoms with E-state index in [2.05, 4.69) is 4.74 Å². The molecule has 1 atom stereocenters. The molecule has 10 nitrogen and oxygen atoms in total. The van der Waals surface area contributed by atoms with Crippen molar-refractivity contribution in [3.63, 3.8) is 0 Å². The van der Waals surface area contributed by atoms with Crippen LogP contribution in [0.15, 0.2) is 76.2 Å². The lowest BCUT2D eigenvalue weighted by Crippen LogP contribution is -2.45. The Morgan fingerprint density at radius 3 is 2.31 bits per heavy atom. The molecule has 0 aliphatic carbocycles. The number of methoxy groups -OCH3 is 2. The van der Waals surface area contributed by atoms with Crippen molar-refractivity contribution in [2.24, 2.45) is 0 Å². The second-order valence-electron chi connectivity index (χ2n) is 7.63. The molecule has 0 bridgehead atoms. The second kappa shape index (κ2) is 9.72. The van der Waals surface area contributed by atoms with Gasteiger partial charge in [-0.05, 0) is 60.7 Å². The Labute approximate surface area is 201 Å². The van der Waals surface area contributed by atoms with Crippen LogP contribution in [0.3, 0.4) is 0 Å². The van der Waals surface area contributed by atoms with Crippen LogP contribution in [0, 0.1) is 0 Å². The number of hydrogen-bond acceptors (Lipinski definition) is 8. The molecule has 0 N–H and O–H groups in total. The van der Waals surface area contributed by atoms with E-state index >= 15 is 0 Å². The van der Waals surface area contributed by atoms with Crippen LogP contribution in [0.25, 0.3) is 0 Å². The second-order valence-corrected chi connectivity index (χ2v) is 9.52. The lowest BCUT2D eigenvalue weighted by Gasteiger charge is -2.26. The van der Waals surface area contributed by atoms with Gasteiger partial charge < -0.3 is 13.9 Å².